The molecule has 4 nitrogen and oxygen atoms in total. The van der Waals surface area contributed by atoms with E-state index in [1.165, 1.54) is 11.1 Å². The van der Waals surface area contributed by atoms with E-state index in [1.807, 2.05) is 6.07 Å². The van der Waals surface area contributed by atoms with Crippen LogP contribution in [0.1, 0.15) is 29.9 Å². The molecule has 104 valence electrons. The highest BCUT2D eigenvalue weighted by molar-refractivity contribution is 6.42. The van der Waals surface area contributed by atoms with Crippen molar-refractivity contribution in [2.45, 2.75) is 18.8 Å². The molecule has 0 radical (unpaired) electrons. The van der Waals surface area contributed by atoms with E-state index >= 15 is 0 Å². The van der Waals surface area contributed by atoms with Crippen LogP contribution in [-0.4, -0.2) is 24.3 Å². The van der Waals surface area contributed by atoms with Crippen molar-refractivity contribution in [1.82, 2.24) is 5.32 Å². The van der Waals surface area contributed by atoms with Gasteiger partial charge in [0.1, 0.15) is 0 Å². The third-order valence-electron chi connectivity index (χ3n) is 3.93. The van der Waals surface area contributed by atoms with Crippen LogP contribution in [0.4, 0.5) is 4.79 Å². The Labute approximate surface area is 121 Å². The molecule has 4 N–H and O–H groups in total. The molecule has 3 unspecified atom stereocenters. The topological polar surface area (TPSA) is 75.3 Å². The van der Waals surface area contributed by atoms with E-state index in [1.54, 1.807) is 0 Å². The number of amides is 1. The van der Waals surface area contributed by atoms with Gasteiger partial charge in [-0.15, -0.1) is 0 Å². The van der Waals surface area contributed by atoms with E-state index in [9.17, 15) is 0 Å². The Balaban J connectivity index is 0.000000297. The van der Waals surface area contributed by atoms with E-state index < -0.39 is 6.09 Å². The summed E-state index contributed by atoms with van der Waals surface area (Å²) in [6.45, 7) is 4.44. The second-order valence-electron chi connectivity index (χ2n) is 4.92. The Kier molecular flexibility index (Phi) is 4.23. The summed E-state index contributed by atoms with van der Waals surface area (Å²) in [6, 6.07) is 4.07. The molecular formula is C13H16Cl2N2O2. The predicted molar refractivity (Wildman–Crippen MR) is 76.2 cm³/mol. The minimum absolute atomic E-state index is 0.571. The van der Waals surface area contributed by atoms with Crippen molar-refractivity contribution in [3.8, 4) is 0 Å². The van der Waals surface area contributed by atoms with E-state index in [2.05, 4.69) is 24.0 Å². The maximum atomic E-state index is 8.78. The number of benzene rings is 1. The van der Waals surface area contributed by atoms with Gasteiger partial charge >= 0.3 is 6.09 Å². The smallest absolute Gasteiger partial charge is 0.402 e. The molecule has 1 aromatic rings. The van der Waals surface area contributed by atoms with Crippen molar-refractivity contribution in [2.24, 2.45) is 11.7 Å². The monoisotopic (exact) mass is 302 g/mol. The first-order valence-electron chi connectivity index (χ1n) is 6.10. The number of carboxylic acid groups (broad SMARTS) is 1. The zero-order valence-corrected chi connectivity index (χ0v) is 12.0. The van der Waals surface area contributed by atoms with E-state index in [0.29, 0.717) is 22.8 Å². The second kappa shape index (κ2) is 5.57. The van der Waals surface area contributed by atoms with Crippen LogP contribution >= 0.6 is 23.2 Å². The first-order valence-corrected chi connectivity index (χ1v) is 6.86. The minimum atomic E-state index is -1.33. The normalized spacial score (nSPS) is 27.2. The summed E-state index contributed by atoms with van der Waals surface area (Å²) in [5, 5.41) is 12.1. The lowest BCUT2D eigenvalue weighted by Crippen LogP contribution is -2.12. The number of hydrogen-bond donors (Lipinski definition) is 3. The average molecular weight is 303 g/mol. The number of fused-ring (bicyclic) bond motifs is 3. The summed E-state index contributed by atoms with van der Waals surface area (Å²) in [5.74, 6) is 1.88. The van der Waals surface area contributed by atoms with Crippen LogP contribution in [0.15, 0.2) is 12.1 Å². The van der Waals surface area contributed by atoms with Crippen molar-refractivity contribution in [2.75, 3.05) is 13.1 Å². The molecule has 3 rings (SSSR count). The molecule has 1 saturated heterocycles. The van der Waals surface area contributed by atoms with Gasteiger partial charge in [0, 0.05) is 12.5 Å². The van der Waals surface area contributed by atoms with Crippen LogP contribution in [0.3, 0.4) is 0 Å². The Morgan fingerprint density at radius 2 is 2.05 bits per heavy atom. The molecule has 1 fully saturated rings. The molecule has 0 spiro atoms. The Bertz CT molecular complexity index is 504. The average Bonchev–Trinajstić information content (AvgIpc) is 2.87. The number of carbonyl (C=O) groups is 1. The zero-order chi connectivity index (χ0) is 14.2. The molecule has 1 heterocycles. The highest BCUT2D eigenvalue weighted by Gasteiger charge is 2.42. The van der Waals surface area contributed by atoms with Crippen LogP contribution in [0.2, 0.25) is 10.0 Å². The zero-order valence-electron chi connectivity index (χ0n) is 10.5. The SMILES string of the molecule is CC1c2ccc(Cl)c(Cl)c2C2CNCC12.NC(=O)O. The molecule has 1 amide bonds. The van der Waals surface area contributed by atoms with Gasteiger partial charge in [0.05, 0.1) is 10.0 Å². The molecule has 3 atom stereocenters. The standard InChI is InChI=1S/C12H13Cl2N.CH3NO2/c1-6-7-2-3-10(13)12(14)11(7)9-5-15-4-8(6)9;2-1(3)4/h2-3,6,8-9,15H,4-5H2,1H3;2H2,(H,3,4). The summed E-state index contributed by atoms with van der Waals surface area (Å²) >= 11 is 12.4. The maximum Gasteiger partial charge on any atom is 0.402 e. The summed E-state index contributed by atoms with van der Waals surface area (Å²) in [7, 11) is 0. The molecule has 1 aliphatic heterocycles. The molecule has 19 heavy (non-hydrogen) atoms. The largest absolute Gasteiger partial charge is 0.465 e. The van der Waals surface area contributed by atoms with Gasteiger partial charge in [-0.1, -0.05) is 36.2 Å². The van der Waals surface area contributed by atoms with Crippen LogP contribution in [0, 0.1) is 5.92 Å². The number of primary amides is 1. The molecular weight excluding hydrogens is 287 g/mol. The van der Waals surface area contributed by atoms with Crippen LogP contribution in [0.25, 0.3) is 0 Å². The van der Waals surface area contributed by atoms with E-state index in [0.717, 1.165) is 18.1 Å². The Morgan fingerprint density at radius 1 is 1.42 bits per heavy atom. The molecule has 2 aliphatic rings. The van der Waals surface area contributed by atoms with Crippen molar-refractivity contribution in [3.63, 3.8) is 0 Å². The van der Waals surface area contributed by atoms with Crippen molar-refractivity contribution in [1.29, 1.82) is 0 Å². The minimum Gasteiger partial charge on any atom is -0.465 e. The quantitative estimate of drug-likeness (QED) is 0.689. The van der Waals surface area contributed by atoms with Crippen molar-refractivity contribution >= 4 is 29.3 Å². The van der Waals surface area contributed by atoms with Gasteiger partial charge < -0.3 is 16.2 Å². The summed E-state index contributed by atoms with van der Waals surface area (Å²) < 4.78 is 0. The summed E-state index contributed by atoms with van der Waals surface area (Å²) in [4.78, 5) is 8.78. The van der Waals surface area contributed by atoms with Gasteiger partial charge in [0.25, 0.3) is 0 Å². The fraction of sp³-hybridized carbons (Fsp3) is 0.462. The molecule has 1 aliphatic carbocycles. The lowest BCUT2D eigenvalue weighted by Gasteiger charge is -2.12. The lowest BCUT2D eigenvalue weighted by molar-refractivity contribution is 0.205. The molecule has 0 saturated carbocycles. The Morgan fingerprint density at radius 3 is 2.68 bits per heavy atom. The summed E-state index contributed by atoms with van der Waals surface area (Å²) in [6.07, 6.45) is -1.33. The molecule has 0 bridgehead atoms. The van der Waals surface area contributed by atoms with Crippen LogP contribution in [0.5, 0.6) is 0 Å². The molecule has 1 aromatic carbocycles. The number of hydrogen-bond acceptors (Lipinski definition) is 2. The molecule has 0 aromatic heterocycles. The fourth-order valence-electron chi connectivity index (χ4n) is 3.13. The van der Waals surface area contributed by atoms with Gasteiger partial charge in [0.2, 0.25) is 0 Å². The molecule has 6 heteroatoms. The Hall–Kier alpha value is -0.970. The van der Waals surface area contributed by atoms with Crippen molar-refractivity contribution < 1.29 is 9.90 Å². The highest BCUT2D eigenvalue weighted by Crippen LogP contribution is 2.51. The number of nitrogens with one attached hydrogen (secondary N) is 1. The van der Waals surface area contributed by atoms with E-state index in [4.69, 9.17) is 33.1 Å². The number of rotatable bonds is 0. The third-order valence-corrected chi connectivity index (χ3v) is 4.75. The van der Waals surface area contributed by atoms with Gasteiger partial charge in [-0.05, 0) is 35.6 Å². The van der Waals surface area contributed by atoms with E-state index in [-0.39, 0.29) is 0 Å². The maximum absolute atomic E-state index is 8.78. The van der Waals surface area contributed by atoms with Gasteiger partial charge in [-0.25, -0.2) is 4.79 Å². The van der Waals surface area contributed by atoms with Gasteiger partial charge in [0.15, 0.2) is 0 Å². The van der Waals surface area contributed by atoms with Gasteiger partial charge in [-0.3, -0.25) is 0 Å². The second-order valence-corrected chi connectivity index (χ2v) is 5.70. The highest BCUT2D eigenvalue weighted by atomic mass is 35.5. The predicted octanol–water partition coefficient (Wildman–Crippen LogP) is 3.04. The van der Waals surface area contributed by atoms with Crippen molar-refractivity contribution in [3.05, 3.63) is 33.3 Å². The van der Waals surface area contributed by atoms with Crippen LogP contribution < -0.4 is 11.1 Å². The lowest BCUT2D eigenvalue weighted by atomic mass is 9.91. The first kappa shape index (κ1) is 14.4. The first-order chi connectivity index (χ1) is 8.93. The summed E-state index contributed by atoms with van der Waals surface area (Å²) in [5.41, 5.74) is 6.73. The van der Waals surface area contributed by atoms with Gasteiger partial charge in [-0.2, -0.15) is 0 Å². The number of halogens is 2. The van der Waals surface area contributed by atoms with Crippen LogP contribution in [-0.2, 0) is 0 Å². The fourth-order valence-corrected chi connectivity index (χ4v) is 3.60. The number of nitrogens with two attached hydrogens (primary N) is 1. The third kappa shape index (κ3) is 2.66.